The standard InChI is InChI=1S/C16H15ClFNS/c17-12-6-5-11(10-19-13-7-8-13)16(9-12)20-15-4-2-1-3-14(15)18/h1-6,9,13,19H,7-8,10H2. The molecular formula is C16H15ClFNS. The molecule has 0 aliphatic heterocycles. The Balaban J connectivity index is 1.82. The molecule has 0 unspecified atom stereocenters. The maximum atomic E-state index is 13.8. The van der Waals surface area contributed by atoms with Crippen LogP contribution in [0, 0.1) is 5.82 Å². The lowest BCUT2D eigenvalue weighted by molar-refractivity contribution is 0.602. The van der Waals surface area contributed by atoms with Gasteiger partial charge in [-0.3, -0.25) is 0 Å². The van der Waals surface area contributed by atoms with Crippen molar-refractivity contribution in [1.82, 2.24) is 5.32 Å². The van der Waals surface area contributed by atoms with Gasteiger partial charge in [-0.05, 0) is 42.7 Å². The van der Waals surface area contributed by atoms with Crippen LogP contribution >= 0.6 is 23.4 Å². The van der Waals surface area contributed by atoms with Crippen molar-refractivity contribution in [2.24, 2.45) is 0 Å². The van der Waals surface area contributed by atoms with Crippen molar-refractivity contribution in [2.75, 3.05) is 0 Å². The van der Waals surface area contributed by atoms with Gasteiger partial charge < -0.3 is 5.32 Å². The molecule has 1 nitrogen and oxygen atoms in total. The van der Waals surface area contributed by atoms with Crippen molar-refractivity contribution >= 4 is 23.4 Å². The molecule has 20 heavy (non-hydrogen) atoms. The first kappa shape index (κ1) is 13.9. The van der Waals surface area contributed by atoms with E-state index in [2.05, 4.69) is 5.32 Å². The molecule has 0 saturated heterocycles. The number of halogens is 2. The zero-order chi connectivity index (χ0) is 13.9. The quantitative estimate of drug-likeness (QED) is 0.844. The summed E-state index contributed by atoms with van der Waals surface area (Å²) in [7, 11) is 0. The van der Waals surface area contributed by atoms with E-state index in [0.29, 0.717) is 16.0 Å². The van der Waals surface area contributed by atoms with E-state index in [1.54, 1.807) is 12.1 Å². The van der Waals surface area contributed by atoms with Gasteiger partial charge in [0.15, 0.2) is 0 Å². The fourth-order valence-corrected chi connectivity index (χ4v) is 3.20. The summed E-state index contributed by atoms with van der Waals surface area (Å²) in [4.78, 5) is 1.64. The van der Waals surface area contributed by atoms with Gasteiger partial charge in [-0.2, -0.15) is 0 Å². The molecule has 1 N–H and O–H groups in total. The molecule has 0 amide bonds. The molecule has 1 saturated carbocycles. The van der Waals surface area contributed by atoms with Crippen LogP contribution in [0.15, 0.2) is 52.3 Å². The SMILES string of the molecule is Fc1ccccc1Sc1cc(Cl)ccc1CNC1CC1. The summed E-state index contributed by atoms with van der Waals surface area (Å²) in [6.07, 6.45) is 2.51. The largest absolute Gasteiger partial charge is 0.310 e. The molecule has 4 heteroatoms. The van der Waals surface area contributed by atoms with Crippen LogP contribution in [0.4, 0.5) is 4.39 Å². The van der Waals surface area contributed by atoms with Crippen LogP contribution in [0.2, 0.25) is 5.02 Å². The normalized spacial score (nSPS) is 14.5. The third-order valence-corrected chi connectivity index (χ3v) is 4.63. The molecule has 1 aliphatic rings. The summed E-state index contributed by atoms with van der Waals surface area (Å²) in [5, 5.41) is 4.16. The third kappa shape index (κ3) is 3.54. The van der Waals surface area contributed by atoms with Crippen LogP contribution in [-0.2, 0) is 6.54 Å². The monoisotopic (exact) mass is 307 g/mol. The van der Waals surface area contributed by atoms with Gasteiger partial charge >= 0.3 is 0 Å². The average Bonchev–Trinajstić information content (AvgIpc) is 3.25. The summed E-state index contributed by atoms with van der Waals surface area (Å²) in [5.41, 5.74) is 1.16. The summed E-state index contributed by atoms with van der Waals surface area (Å²) in [6.45, 7) is 0.804. The summed E-state index contributed by atoms with van der Waals surface area (Å²) in [6, 6.07) is 13.3. The second kappa shape index (κ2) is 6.17. The van der Waals surface area contributed by atoms with Gasteiger partial charge in [-0.15, -0.1) is 0 Å². The van der Waals surface area contributed by atoms with Crippen molar-refractivity contribution in [2.45, 2.75) is 35.2 Å². The van der Waals surface area contributed by atoms with Crippen LogP contribution in [0.25, 0.3) is 0 Å². The van der Waals surface area contributed by atoms with Gasteiger partial charge in [0, 0.05) is 27.4 Å². The van der Waals surface area contributed by atoms with E-state index in [0.717, 1.165) is 17.0 Å². The Kier molecular flexibility index (Phi) is 4.29. The fraction of sp³-hybridized carbons (Fsp3) is 0.250. The van der Waals surface area contributed by atoms with Gasteiger partial charge in [0.1, 0.15) is 5.82 Å². The Morgan fingerprint density at radius 3 is 2.70 bits per heavy atom. The number of hydrogen-bond donors (Lipinski definition) is 1. The first-order chi connectivity index (χ1) is 9.72. The minimum Gasteiger partial charge on any atom is -0.310 e. The van der Waals surface area contributed by atoms with E-state index in [4.69, 9.17) is 11.6 Å². The van der Waals surface area contributed by atoms with Gasteiger partial charge in [-0.1, -0.05) is 41.6 Å². The lowest BCUT2D eigenvalue weighted by atomic mass is 10.2. The highest BCUT2D eigenvalue weighted by Crippen LogP contribution is 2.34. The lowest BCUT2D eigenvalue weighted by Gasteiger charge is -2.11. The second-order valence-electron chi connectivity index (χ2n) is 4.94. The number of nitrogens with one attached hydrogen (secondary N) is 1. The maximum Gasteiger partial charge on any atom is 0.137 e. The van der Waals surface area contributed by atoms with Crippen LogP contribution in [-0.4, -0.2) is 6.04 Å². The number of rotatable bonds is 5. The van der Waals surface area contributed by atoms with Gasteiger partial charge in [0.25, 0.3) is 0 Å². The van der Waals surface area contributed by atoms with E-state index in [9.17, 15) is 4.39 Å². The van der Waals surface area contributed by atoms with E-state index in [-0.39, 0.29) is 5.82 Å². The molecular weight excluding hydrogens is 293 g/mol. The van der Waals surface area contributed by atoms with Gasteiger partial charge in [0.2, 0.25) is 0 Å². The fourth-order valence-electron chi connectivity index (χ4n) is 1.96. The molecule has 0 heterocycles. The predicted molar refractivity (Wildman–Crippen MR) is 81.8 cm³/mol. The minimum absolute atomic E-state index is 0.196. The molecule has 0 bridgehead atoms. The highest BCUT2D eigenvalue weighted by atomic mass is 35.5. The van der Waals surface area contributed by atoms with Gasteiger partial charge in [0.05, 0.1) is 0 Å². The molecule has 0 atom stereocenters. The van der Waals surface area contributed by atoms with Crippen LogP contribution in [0.5, 0.6) is 0 Å². The summed E-state index contributed by atoms with van der Waals surface area (Å²) in [5.74, 6) is -0.196. The van der Waals surface area contributed by atoms with Crippen molar-refractivity contribution in [3.8, 4) is 0 Å². The Hall–Kier alpha value is -1.03. The molecule has 0 radical (unpaired) electrons. The first-order valence-corrected chi connectivity index (χ1v) is 7.86. The highest BCUT2D eigenvalue weighted by Gasteiger charge is 2.20. The Labute approximate surface area is 127 Å². The molecule has 2 aromatic carbocycles. The lowest BCUT2D eigenvalue weighted by Crippen LogP contribution is -2.15. The molecule has 2 aromatic rings. The first-order valence-electron chi connectivity index (χ1n) is 6.66. The Morgan fingerprint density at radius 1 is 1.15 bits per heavy atom. The van der Waals surface area contributed by atoms with Crippen molar-refractivity contribution in [1.29, 1.82) is 0 Å². The van der Waals surface area contributed by atoms with Crippen molar-refractivity contribution in [3.05, 3.63) is 58.9 Å². The van der Waals surface area contributed by atoms with E-state index < -0.39 is 0 Å². The topological polar surface area (TPSA) is 12.0 Å². The van der Waals surface area contributed by atoms with Crippen LogP contribution in [0.3, 0.4) is 0 Å². The molecule has 1 aliphatic carbocycles. The molecule has 3 rings (SSSR count). The summed E-state index contributed by atoms with van der Waals surface area (Å²) < 4.78 is 13.8. The van der Waals surface area contributed by atoms with Gasteiger partial charge in [-0.25, -0.2) is 4.39 Å². The Morgan fingerprint density at radius 2 is 1.95 bits per heavy atom. The van der Waals surface area contributed by atoms with E-state index in [1.807, 2.05) is 24.3 Å². The van der Waals surface area contributed by atoms with E-state index >= 15 is 0 Å². The average molecular weight is 308 g/mol. The molecule has 0 aromatic heterocycles. The smallest absolute Gasteiger partial charge is 0.137 e. The van der Waals surface area contributed by atoms with Crippen LogP contribution in [0.1, 0.15) is 18.4 Å². The van der Waals surface area contributed by atoms with Crippen molar-refractivity contribution < 1.29 is 4.39 Å². The predicted octanol–water partition coefficient (Wildman–Crippen LogP) is 4.88. The van der Waals surface area contributed by atoms with E-state index in [1.165, 1.54) is 30.7 Å². The molecule has 0 spiro atoms. The van der Waals surface area contributed by atoms with Crippen molar-refractivity contribution in [3.63, 3.8) is 0 Å². The maximum absolute atomic E-state index is 13.8. The zero-order valence-corrected chi connectivity index (χ0v) is 12.5. The number of hydrogen-bond acceptors (Lipinski definition) is 2. The highest BCUT2D eigenvalue weighted by molar-refractivity contribution is 7.99. The zero-order valence-electron chi connectivity index (χ0n) is 10.9. The Bertz CT molecular complexity index is 613. The van der Waals surface area contributed by atoms with Crippen LogP contribution < -0.4 is 5.32 Å². The minimum atomic E-state index is -0.196. The molecule has 104 valence electrons. The second-order valence-corrected chi connectivity index (χ2v) is 6.46. The number of benzene rings is 2. The summed E-state index contributed by atoms with van der Waals surface area (Å²) >= 11 is 7.50. The molecule has 1 fully saturated rings. The third-order valence-electron chi connectivity index (χ3n) is 3.24.